The van der Waals surface area contributed by atoms with E-state index in [0.29, 0.717) is 12.2 Å². The normalized spacial score (nSPS) is 33.9. The molecule has 0 radical (unpaired) electrons. The summed E-state index contributed by atoms with van der Waals surface area (Å²) in [6, 6.07) is 15.6. The highest BCUT2D eigenvalue weighted by molar-refractivity contribution is 7.89. The number of carbonyl (C=O) groups excluding carboxylic acids is 2. The zero-order chi connectivity index (χ0) is 21.5. The second-order valence-corrected chi connectivity index (χ2v) is 10.9. The molecule has 2 aromatic carbocycles. The van der Waals surface area contributed by atoms with Gasteiger partial charge in [-0.2, -0.15) is 4.31 Å². The predicted octanol–water partition coefficient (Wildman–Crippen LogP) is 2.61. The number of imide groups is 1. The Balaban J connectivity index is 1.35. The number of nitrogens with zero attached hydrogens (tertiary/aromatic N) is 2. The number of allylic oxidation sites excluding steroid dienone is 1. The smallest absolute Gasteiger partial charge is 0.243 e. The van der Waals surface area contributed by atoms with Crippen LogP contribution in [0.4, 0.5) is 5.69 Å². The highest BCUT2D eigenvalue weighted by Crippen LogP contribution is 2.58. The quantitative estimate of drug-likeness (QED) is 0.550. The number of hydrogen-bond acceptors (Lipinski definition) is 4. The second kappa shape index (κ2) is 6.37. The molecule has 3 fully saturated rings. The number of carbonyl (C=O) groups is 2. The monoisotopic (exact) mass is 434 g/mol. The van der Waals surface area contributed by atoms with Gasteiger partial charge in [0.05, 0.1) is 22.4 Å². The van der Waals surface area contributed by atoms with E-state index in [0.717, 1.165) is 5.56 Å². The summed E-state index contributed by atoms with van der Waals surface area (Å²) >= 11 is 0. The molecular formula is C24H22N2O4S. The Morgan fingerprint density at radius 2 is 1.45 bits per heavy atom. The minimum absolute atomic E-state index is 0.0731. The summed E-state index contributed by atoms with van der Waals surface area (Å²) in [5, 5.41) is 0. The van der Waals surface area contributed by atoms with Gasteiger partial charge in [-0.1, -0.05) is 48.0 Å². The number of benzene rings is 2. The molecule has 6 atom stereocenters. The Kier molecular flexibility index (Phi) is 3.90. The fourth-order valence-electron chi connectivity index (χ4n) is 6.03. The molecule has 3 aliphatic carbocycles. The Morgan fingerprint density at radius 1 is 0.839 bits per heavy atom. The number of rotatable bonds is 3. The third-order valence-corrected chi connectivity index (χ3v) is 9.35. The van der Waals surface area contributed by atoms with Crippen LogP contribution in [0.2, 0.25) is 0 Å². The minimum atomic E-state index is -3.65. The van der Waals surface area contributed by atoms with E-state index in [1.807, 2.05) is 37.3 Å². The summed E-state index contributed by atoms with van der Waals surface area (Å²) in [7, 11) is -3.65. The molecule has 158 valence electrons. The average Bonchev–Trinajstić information content (AvgIpc) is 3.01. The zero-order valence-electron chi connectivity index (χ0n) is 17.0. The maximum atomic E-state index is 13.4. The van der Waals surface area contributed by atoms with Crippen molar-refractivity contribution in [1.82, 2.24) is 4.31 Å². The molecular weight excluding hydrogens is 412 g/mol. The van der Waals surface area contributed by atoms with E-state index in [-0.39, 0.29) is 40.5 Å². The van der Waals surface area contributed by atoms with Crippen LogP contribution in [0.3, 0.4) is 0 Å². The molecule has 2 heterocycles. The summed E-state index contributed by atoms with van der Waals surface area (Å²) < 4.78 is 28.2. The van der Waals surface area contributed by atoms with Gasteiger partial charge in [0.15, 0.2) is 0 Å². The molecule has 6 nitrogen and oxygen atoms in total. The van der Waals surface area contributed by atoms with E-state index < -0.39 is 21.9 Å². The topological polar surface area (TPSA) is 74.8 Å². The molecule has 5 aliphatic rings. The zero-order valence-corrected chi connectivity index (χ0v) is 17.8. The van der Waals surface area contributed by atoms with Gasteiger partial charge in [0, 0.05) is 18.5 Å². The Hall–Kier alpha value is -2.77. The first-order chi connectivity index (χ1) is 14.9. The lowest BCUT2D eigenvalue weighted by Gasteiger charge is -2.60. The molecule has 0 spiro atoms. The van der Waals surface area contributed by atoms with Crippen molar-refractivity contribution in [2.75, 3.05) is 11.4 Å². The van der Waals surface area contributed by atoms with Crippen LogP contribution in [0, 0.1) is 36.5 Å². The number of amides is 2. The number of para-hydroxylation sites is 1. The maximum absolute atomic E-state index is 13.4. The Bertz CT molecular complexity index is 1220. The van der Waals surface area contributed by atoms with Crippen LogP contribution >= 0.6 is 0 Å². The van der Waals surface area contributed by atoms with Gasteiger partial charge in [-0.3, -0.25) is 14.5 Å². The molecule has 2 bridgehead atoms. The molecule has 0 N–H and O–H groups in total. The maximum Gasteiger partial charge on any atom is 0.243 e. The van der Waals surface area contributed by atoms with Crippen molar-refractivity contribution in [1.29, 1.82) is 0 Å². The van der Waals surface area contributed by atoms with Crippen LogP contribution in [0.5, 0.6) is 0 Å². The summed E-state index contributed by atoms with van der Waals surface area (Å²) in [6.45, 7) is 2.31. The predicted molar refractivity (Wildman–Crippen MR) is 114 cm³/mol. The first-order valence-electron chi connectivity index (χ1n) is 10.6. The fourth-order valence-corrected chi connectivity index (χ4v) is 7.77. The van der Waals surface area contributed by atoms with Gasteiger partial charge in [0.2, 0.25) is 21.8 Å². The SMILES string of the molecule is Cc1ccc(S(=O)(=O)N2C[C@@H]3[C@H]4C=C[C@@H]([C@@H]5C(=O)N(c6ccccc6)C(=O)[C@H]45)[C@@H]32)cc1. The molecule has 1 saturated carbocycles. The van der Waals surface area contributed by atoms with Gasteiger partial charge in [-0.15, -0.1) is 0 Å². The first-order valence-corrected chi connectivity index (χ1v) is 12.0. The lowest BCUT2D eigenvalue weighted by molar-refractivity contribution is -0.135. The highest BCUT2D eigenvalue weighted by Gasteiger charge is 2.68. The molecule has 31 heavy (non-hydrogen) atoms. The van der Waals surface area contributed by atoms with Crippen molar-refractivity contribution in [2.45, 2.75) is 17.9 Å². The van der Waals surface area contributed by atoms with Crippen molar-refractivity contribution < 1.29 is 18.0 Å². The number of anilines is 1. The lowest BCUT2D eigenvalue weighted by atomic mass is 9.53. The van der Waals surface area contributed by atoms with Crippen LogP contribution in [0.1, 0.15) is 5.56 Å². The van der Waals surface area contributed by atoms with Gasteiger partial charge in [0.25, 0.3) is 0 Å². The van der Waals surface area contributed by atoms with Crippen LogP contribution in [0.25, 0.3) is 0 Å². The van der Waals surface area contributed by atoms with Gasteiger partial charge in [0.1, 0.15) is 0 Å². The molecule has 0 aromatic heterocycles. The van der Waals surface area contributed by atoms with Crippen LogP contribution in [-0.4, -0.2) is 37.1 Å². The third kappa shape index (κ3) is 2.44. The summed E-state index contributed by atoms with van der Waals surface area (Å²) in [4.78, 5) is 28.3. The third-order valence-electron chi connectivity index (χ3n) is 7.48. The summed E-state index contributed by atoms with van der Waals surface area (Å²) in [5.41, 5.74) is 1.58. The lowest BCUT2D eigenvalue weighted by Crippen LogP contribution is -2.70. The fraction of sp³-hybridized carbons (Fsp3) is 0.333. The van der Waals surface area contributed by atoms with Gasteiger partial charge in [-0.25, -0.2) is 8.42 Å². The first kappa shape index (κ1) is 19.0. The van der Waals surface area contributed by atoms with Crippen LogP contribution in [0.15, 0.2) is 71.6 Å². The molecule has 7 rings (SSSR count). The van der Waals surface area contributed by atoms with Gasteiger partial charge < -0.3 is 0 Å². The molecule has 2 saturated heterocycles. The molecule has 2 aromatic rings. The molecule has 0 unspecified atom stereocenters. The Labute approximate surface area is 181 Å². The second-order valence-electron chi connectivity index (χ2n) is 8.98. The van der Waals surface area contributed by atoms with Gasteiger partial charge >= 0.3 is 0 Å². The van der Waals surface area contributed by atoms with Crippen LogP contribution < -0.4 is 4.90 Å². The van der Waals surface area contributed by atoms with Crippen molar-refractivity contribution in [3.8, 4) is 0 Å². The van der Waals surface area contributed by atoms with Crippen molar-refractivity contribution in [2.24, 2.45) is 29.6 Å². The standard InChI is InChI=1S/C24H22N2O4S/c1-14-7-9-16(10-8-14)31(29,30)25-13-19-17-11-12-18(22(19)25)21-20(17)23(27)26(24(21)28)15-5-3-2-4-6-15/h2-12,17-22H,13H2,1H3/t17-,18+,19-,20-,21+,22+/m1/s1. The minimum Gasteiger partial charge on any atom is -0.274 e. The Morgan fingerprint density at radius 3 is 2.13 bits per heavy atom. The molecule has 7 heteroatoms. The summed E-state index contributed by atoms with van der Waals surface area (Å²) in [5.74, 6) is -1.57. The van der Waals surface area contributed by atoms with E-state index in [4.69, 9.17) is 0 Å². The largest absolute Gasteiger partial charge is 0.274 e. The molecule has 2 aliphatic heterocycles. The van der Waals surface area contributed by atoms with Crippen LogP contribution in [-0.2, 0) is 19.6 Å². The van der Waals surface area contributed by atoms with Crippen molar-refractivity contribution in [3.05, 3.63) is 72.3 Å². The van der Waals surface area contributed by atoms with Crippen molar-refractivity contribution >= 4 is 27.5 Å². The number of hydrogen-bond donors (Lipinski definition) is 0. The van der Waals surface area contributed by atoms with Crippen molar-refractivity contribution in [3.63, 3.8) is 0 Å². The van der Waals surface area contributed by atoms with E-state index >= 15 is 0 Å². The average molecular weight is 435 g/mol. The van der Waals surface area contributed by atoms with E-state index in [9.17, 15) is 18.0 Å². The summed E-state index contributed by atoms with van der Waals surface area (Å²) in [6.07, 6.45) is 4.02. The van der Waals surface area contributed by atoms with Gasteiger partial charge in [-0.05, 0) is 43.0 Å². The van der Waals surface area contributed by atoms with E-state index in [1.165, 1.54) is 4.90 Å². The van der Waals surface area contributed by atoms with E-state index in [1.54, 1.807) is 40.7 Å². The highest BCUT2D eigenvalue weighted by atomic mass is 32.2. The van der Waals surface area contributed by atoms with E-state index in [2.05, 4.69) is 0 Å². The number of sulfonamides is 1. The number of aryl methyl sites for hydroxylation is 1. The molecule has 2 amide bonds.